The second-order valence-corrected chi connectivity index (χ2v) is 7.04. The number of hydrogen-bond donors (Lipinski definition) is 1. The zero-order chi connectivity index (χ0) is 18.8. The Balaban J connectivity index is 1.45. The number of nitrogens with zero attached hydrogens (tertiary/aromatic N) is 4. The lowest BCUT2D eigenvalue weighted by Gasteiger charge is -2.12. The molecule has 27 heavy (non-hydrogen) atoms. The third-order valence-corrected chi connectivity index (χ3v) is 5.26. The smallest absolute Gasteiger partial charge is 0.229 e. The average molecular weight is 387 g/mol. The summed E-state index contributed by atoms with van der Waals surface area (Å²) >= 11 is 1.41. The summed E-state index contributed by atoms with van der Waals surface area (Å²) in [5.74, 6) is 0.400. The molecule has 3 aromatic rings. The number of benzene rings is 1. The van der Waals surface area contributed by atoms with E-state index < -0.39 is 5.92 Å². The van der Waals surface area contributed by atoms with Crippen molar-refractivity contribution >= 4 is 38.5 Å². The molecule has 2 amide bonds. The van der Waals surface area contributed by atoms with Crippen molar-refractivity contribution in [3.63, 3.8) is 0 Å². The van der Waals surface area contributed by atoms with E-state index in [1.165, 1.54) is 17.7 Å². The van der Waals surface area contributed by atoms with Crippen LogP contribution >= 0.6 is 11.3 Å². The summed E-state index contributed by atoms with van der Waals surface area (Å²) in [6.07, 6.45) is 1.35. The Kier molecular flexibility index (Phi) is 4.71. The predicted molar refractivity (Wildman–Crippen MR) is 97.4 cm³/mol. The highest BCUT2D eigenvalue weighted by Crippen LogP contribution is 2.34. The molecular formula is C17H17N5O4S. The Labute approximate surface area is 158 Å². The van der Waals surface area contributed by atoms with Crippen molar-refractivity contribution in [3.05, 3.63) is 30.4 Å². The molecule has 0 aliphatic carbocycles. The maximum Gasteiger partial charge on any atom is 0.229 e. The molecule has 10 heteroatoms. The zero-order valence-electron chi connectivity index (χ0n) is 14.5. The van der Waals surface area contributed by atoms with Crippen LogP contribution in [-0.2, 0) is 16.1 Å². The van der Waals surface area contributed by atoms with Crippen molar-refractivity contribution in [3.8, 4) is 5.75 Å². The van der Waals surface area contributed by atoms with Crippen LogP contribution in [0, 0.1) is 5.92 Å². The normalized spacial score (nSPS) is 16.9. The van der Waals surface area contributed by atoms with Gasteiger partial charge in [0.05, 0.1) is 29.3 Å². The van der Waals surface area contributed by atoms with Crippen molar-refractivity contribution < 1.29 is 18.8 Å². The fraction of sp³-hybridized carbons (Fsp3) is 0.353. The van der Waals surface area contributed by atoms with Crippen LogP contribution in [0.3, 0.4) is 0 Å². The minimum absolute atomic E-state index is 0.112. The van der Waals surface area contributed by atoms with Gasteiger partial charge in [0.1, 0.15) is 5.75 Å². The Morgan fingerprint density at radius 3 is 3.15 bits per heavy atom. The number of amides is 2. The summed E-state index contributed by atoms with van der Waals surface area (Å²) in [6, 6.07) is 5.64. The standard InChI is InChI=1S/C17H17N5O4S/c1-2-25-11-3-4-12-13(6-11)27-17(20-12)22-8-10(5-15(22)23)16(24)18-7-14-19-9-26-21-14/h3-4,6,9-10H,2,5,7-8H2,1H3,(H,18,24). The summed E-state index contributed by atoms with van der Waals surface area (Å²) in [5.41, 5.74) is 0.802. The molecule has 3 heterocycles. The first-order valence-corrected chi connectivity index (χ1v) is 9.32. The topological polar surface area (TPSA) is 110 Å². The second kappa shape index (κ2) is 7.31. The maximum absolute atomic E-state index is 12.4. The van der Waals surface area contributed by atoms with Crippen molar-refractivity contribution in [1.82, 2.24) is 20.4 Å². The van der Waals surface area contributed by atoms with Gasteiger partial charge in [-0.2, -0.15) is 4.98 Å². The average Bonchev–Trinajstić information content (AvgIpc) is 3.38. The van der Waals surface area contributed by atoms with Gasteiger partial charge >= 0.3 is 0 Å². The summed E-state index contributed by atoms with van der Waals surface area (Å²) < 4.78 is 11.1. The number of carbonyl (C=O) groups is 2. The number of carbonyl (C=O) groups excluding carboxylic acids is 2. The second-order valence-electron chi connectivity index (χ2n) is 6.03. The highest BCUT2D eigenvalue weighted by Gasteiger charge is 2.36. The van der Waals surface area contributed by atoms with Crippen LogP contribution < -0.4 is 15.0 Å². The van der Waals surface area contributed by atoms with E-state index >= 15 is 0 Å². The SMILES string of the molecule is CCOc1ccc2nc(N3CC(C(=O)NCc4ncon4)CC3=O)sc2c1. The molecule has 1 aromatic carbocycles. The summed E-state index contributed by atoms with van der Waals surface area (Å²) in [7, 11) is 0. The number of nitrogens with one attached hydrogen (secondary N) is 1. The van der Waals surface area contributed by atoms with Crippen molar-refractivity contribution in [2.24, 2.45) is 5.92 Å². The summed E-state index contributed by atoms with van der Waals surface area (Å²) in [4.78, 5) is 34.7. The van der Waals surface area contributed by atoms with Crippen LogP contribution in [0.25, 0.3) is 10.2 Å². The highest BCUT2D eigenvalue weighted by molar-refractivity contribution is 7.22. The van der Waals surface area contributed by atoms with Crippen LogP contribution in [0.4, 0.5) is 5.13 Å². The summed E-state index contributed by atoms with van der Waals surface area (Å²) in [6.45, 7) is 2.98. The quantitative estimate of drug-likeness (QED) is 0.686. The number of thiazole rings is 1. The van der Waals surface area contributed by atoms with Crippen LogP contribution in [0.1, 0.15) is 19.2 Å². The van der Waals surface area contributed by atoms with Crippen molar-refractivity contribution in [2.45, 2.75) is 19.9 Å². The van der Waals surface area contributed by atoms with Crippen LogP contribution in [-0.4, -0.2) is 40.1 Å². The van der Waals surface area contributed by atoms with Gasteiger partial charge in [-0.05, 0) is 25.1 Å². The molecule has 0 saturated carbocycles. The van der Waals surface area contributed by atoms with E-state index in [9.17, 15) is 9.59 Å². The van der Waals surface area contributed by atoms with E-state index in [2.05, 4.69) is 25.0 Å². The van der Waals surface area contributed by atoms with E-state index in [4.69, 9.17) is 4.74 Å². The molecular weight excluding hydrogens is 370 g/mol. The lowest BCUT2D eigenvalue weighted by atomic mass is 10.1. The monoisotopic (exact) mass is 387 g/mol. The first-order chi connectivity index (χ1) is 13.1. The number of hydrogen-bond acceptors (Lipinski definition) is 8. The molecule has 1 fully saturated rings. The molecule has 1 saturated heterocycles. The van der Waals surface area contributed by atoms with Crippen LogP contribution in [0.2, 0.25) is 0 Å². The Hall–Kier alpha value is -3.01. The molecule has 140 valence electrons. The van der Waals surface area contributed by atoms with E-state index in [1.54, 1.807) is 4.90 Å². The van der Waals surface area contributed by atoms with Gasteiger partial charge in [-0.1, -0.05) is 16.5 Å². The minimum atomic E-state index is -0.435. The Morgan fingerprint density at radius 1 is 1.48 bits per heavy atom. The van der Waals surface area contributed by atoms with E-state index in [0.29, 0.717) is 24.1 Å². The lowest BCUT2D eigenvalue weighted by molar-refractivity contribution is -0.126. The maximum atomic E-state index is 12.4. The van der Waals surface area contributed by atoms with Gasteiger partial charge in [-0.25, -0.2) is 4.98 Å². The fourth-order valence-electron chi connectivity index (χ4n) is 2.91. The number of ether oxygens (including phenoxy) is 1. The van der Waals surface area contributed by atoms with Gasteiger partial charge in [0.25, 0.3) is 0 Å². The molecule has 0 bridgehead atoms. The molecule has 1 aliphatic rings. The molecule has 2 aromatic heterocycles. The van der Waals surface area contributed by atoms with Gasteiger partial charge in [-0.3, -0.25) is 14.5 Å². The van der Waals surface area contributed by atoms with E-state index in [0.717, 1.165) is 16.0 Å². The van der Waals surface area contributed by atoms with E-state index in [-0.39, 0.29) is 24.8 Å². The van der Waals surface area contributed by atoms with Gasteiger partial charge < -0.3 is 14.6 Å². The summed E-state index contributed by atoms with van der Waals surface area (Å²) in [5, 5.41) is 6.97. The van der Waals surface area contributed by atoms with Crippen molar-refractivity contribution in [2.75, 3.05) is 18.1 Å². The zero-order valence-corrected chi connectivity index (χ0v) is 15.4. The number of fused-ring (bicyclic) bond motifs is 1. The molecule has 1 N–H and O–H groups in total. The largest absolute Gasteiger partial charge is 0.494 e. The molecule has 1 unspecified atom stereocenters. The van der Waals surface area contributed by atoms with Gasteiger partial charge in [-0.15, -0.1) is 0 Å². The first-order valence-electron chi connectivity index (χ1n) is 8.50. The molecule has 1 aliphatic heterocycles. The Bertz CT molecular complexity index is 971. The minimum Gasteiger partial charge on any atom is -0.494 e. The first kappa shape index (κ1) is 17.4. The fourth-order valence-corrected chi connectivity index (χ4v) is 3.93. The molecule has 1 atom stereocenters. The number of rotatable bonds is 6. The molecule has 9 nitrogen and oxygen atoms in total. The molecule has 0 spiro atoms. The third kappa shape index (κ3) is 3.61. The molecule has 0 radical (unpaired) electrons. The van der Waals surface area contributed by atoms with Crippen molar-refractivity contribution in [1.29, 1.82) is 0 Å². The molecule has 4 rings (SSSR count). The van der Waals surface area contributed by atoms with Gasteiger partial charge in [0.15, 0.2) is 11.0 Å². The van der Waals surface area contributed by atoms with Gasteiger partial charge in [0, 0.05) is 13.0 Å². The van der Waals surface area contributed by atoms with Crippen LogP contribution in [0.5, 0.6) is 5.75 Å². The highest BCUT2D eigenvalue weighted by atomic mass is 32.1. The predicted octanol–water partition coefficient (Wildman–Crippen LogP) is 1.75. The third-order valence-electron chi connectivity index (χ3n) is 4.21. The number of anilines is 1. The Morgan fingerprint density at radius 2 is 2.37 bits per heavy atom. The lowest BCUT2D eigenvalue weighted by Crippen LogP contribution is -2.32. The van der Waals surface area contributed by atoms with Crippen LogP contribution in [0.15, 0.2) is 29.1 Å². The van der Waals surface area contributed by atoms with Gasteiger partial charge in [0.2, 0.25) is 18.2 Å². The number of aromatic nitrogens is 3. The van der Waals surface area contributed by atoms with E-state index in [1.807, 2.05) is 25.1 Å².